The molecule has 0 saturated heterocycles. The van der Waals surface area contributed by atoms with Crippen molar-refractivity contribution in [2.75, 3.05) is 12.4 Å². The summed E-state index contributed by atoms with van der Waals surface area (Å²) in [6.45, 7) is 6.14. The Labute approximate surface area is 75.0 Å². The Kier molecular flexibility index (Phi) is 6.07. The minimum atomic E-state index is 1.05. The number of nitrogens with zero attached hydrogens (tertiary/aromatic N) is 1. The van der Waals surface area contributed by atoms with Crippen LogP contribution in [0.2, 0.25) is 0 Å². The van der Waals surface area contributed by atoms with Gasteiger partial charge in [0, 0.05) is 13.2 Å². The summed E-state index contributed by atoms with van der Waals surface area (Å²) in [6.07, 6.45) is 4.72. The van der Waals surface area contributed by atoms with Crippen molar-refractivity contribution < 1.29 is 0 Å². The van der Waals surface area contributed by atoms with E-state index in [1.165, 1.54) is 5.56 Å². The molecule has 1 heterocycles. The highest BCUT2D eigenvalue weighted by atomic mass is 14.8. The van der Waals surface area contributed by atoms with E-state index in [0.717, 1.165) is 12.1 Å². The molecule has 0 saturated carbocycles. The summed E-state index contributed by atoms with van der Waals surface area (Å²) in [5.74, 6) is 0. The maximum absolute atomic E-state index is 4.00. The van der Waals surface area contributed by atoms with E-state index >= 15 is 0 Å². The average Bonchev–Trinajstić information content (AvgIpc) is 2.20. The third kappa shape index (κ3) is 2.91. The van der Waals surface area contributed by atoms with Crippen molar-refractivity contribution in [2.45, 2.75) is 27.2 Å². The van der Waals surface area contributed by atoms with Crippen molar-refractivity contribution >= 4 is 5.69 Å². The van der Waals surface area contributed by atoms with Crippen LogP contribution in [0.1, 0.15) is 26.3 Å². The van der Waals surface area contributed by atoms with E-state index < -0.39 is 0 Å². The third-order valence-electron chi connectivity index (χ3n) is 1.56. The molecule has 12 heavy (non-hydrogen) atoms. The van der Waals surface area contributed by atoms with Crippen LogP contribution in [-0.4, -0.2) is 12.0 Å². The first-order chi connectivity index (χ1) is 5.88. The van der Waals surface area contributed by atoms with Gasteiger partial charge in [-0.25, -0.2) is 0 Å². The van der Waals surface area contributed by atoms with Crippen molar-refractivity contribution in [3.05, 3.63) is 24.0 Å². The van der Waals surface area contributed by atoms with E-state index in [9.17, 15) is 0 Å². The monoisotopic (exact) mass is 166 g/mol. The highest BCUT2D eigenvalue weighted by molar-refractivity contribution is 5.47. The summed E-state index contributed by atoms with van der Waals surface area (Å²) in [6, 6.07) is 2.03. The molecule has 0 amide bonds. The largest absolute Gasteiger partial charge is 0.387 e. The molecule has 1 aromatic rings. The van der Waals surface area contributed by atoms with Gasteiger partial charge in [-0.05, 0) is 18.1 Å². The highest BCUT2D eigenvalue weighted by Crippen LogP contribution is 2.11. The number of aryl methyl sites for hydroxylation is 1. The fourth-order valence-corrected chi connectivity index (χ4v) is 0.957. The van der Waals surface area contributed by atoms with Gasteiger partial charge >= 0.3 is 0 Å². The fourth-order valence-electron chi connectivity index (χ4n) is 0.957. The van der Waals surface area contributed by atoms with Gasteiger partial charge in [0.25, 0.3) is 0 Å². The molecule has 1 rings (SSSR count). The number of anilines is 1. The van der Waals surface area contributed by atoms with Crippen molar-refractivity contribution in [3.63, 3.8) is 0 Å². The molecule has 2 nitrogen and oxygen atoms in total. The van der Waals surface area contributed by atoms with E-state index in [2.05, 4.69) is 17.2 Å². The Hall–Kier alpha value is -1.05. The van der Waals surface area contributed by atoms with Crippen LogP contribution in [-0.2, 0) is 6.42 Å². The lowest BCUT2D eigenvalue weighted by atomic mass is 10.2. The van der Waals surface area contributed by atoms with Gasteiger partial charge in [-0.1, -0.05) is 20.8 Å². The van der Waals surface area contributed by atoms with E-state index in [4.69, 9.17) is 0 Å². The fraction of sp³-hybridized carbons (Fsp3) is 0.500. The molecule has 0 fully saturated rings. The molecule has 0 atom stereocenters. The standard InChI is InChI=1S/C8H12N2.C2H6/c1-3-7-4-5-10-6-8(7)9-2;1-2/h4-6,9H,3H2,1-2H3;1-2H3. The maximum Gasteiger partial charge on any atom is 0.0556 e. The predicted molar refractivity (Wildman–Crippen MR) is 54.5 cm³/mol. The second kappa shape index (κ2) is 6.65. The lowest BCUT2D eigenvalue weighted by Crippen LogP contribution is -1.94. The molecule has 2 heteroatoms. The predicted octanol–water partition coefficient (Wildman–Crippen LogP) is 2.71. The molecule has 0 aliphatic carbocycles. The number of rotatable bonds is 2. The minimum Gasteiger partial charge on any atom is -0.387 e. The van der Waals surface area contributed by atoms with Crippen molar-refractivity contribution in [1.29, 1.82) is 0 Å². The van der Waals surface area contributed by atoms with Crippen LogP contribution in [0.5, 0.6) is 0 Å². The van der Waals surface area contributed by atoms with Crippen LogP contribution in [0.25, 0.3) is 0 Å². The molecule has 1 aromatic heterocycles. The Morgan fingerprint density at radius 3 is 2.50 bits per heavy atom. The molecule has 0 spiro atoms. The Morgan fingerprint density at radius 2 is 2.08 bits per heavy atom. The summed E-state index contributed by atoms with van der Waals surface area (Å²) in [5.41, 5.74) is 2.45. The number of aromatic nitrogens is 1. The first kappa shape index (κ1) is 11.0. The normalized spacial score (nSPS) is 8.33. The van der Waals surface area contributed by atoms with Crippen LogP contribution >= 0.6 is 0 Å². The zero-order valence-corrected chi connectivity index (χ0v) is 8.39. The number of pyridine rings is 1. The molecule has 0 radical (unpaired) electrons. The molecule has 0 unspecified atom stereocenters. The van der Waals surface area contributed by atoms with Gasteiger partial charge in [0.05, 0.1) is 11.9 Å². The smallest absolute Gasteiger partial charge is 0.0556 e. The molecule has 0 bridgehead atoms. The minimum absolute atomic E-state index is 1.05. The number of nitrogens with one attached hydrogen (secondary N) is 1. The first-order valence-electron chi connectivity index (χ1n) is 4.49. The lowest BCUT2D eigenvalue weighted by molar-refractivity contribution is 1.12. The zero-order valence-electron chi connectivity index (χ0n) is 8.39. The Morgan fingerprint density at radius 1 is 1.42 bits per heavy atom. The SMILES string of the molecule is CC.CCc1ccncc1NC. The Bertz CT molecular complexity index is 186. The van der Waals surface area contributed by atoms with Gasteiger partial charge in [-0.15, -0.1) is 0 Å². The molecule has 0 aromatic carbocycles. The van der Waals surface area contributed by atoms with Gasteiger partial charge in [0.15, 0.2) is 0 Å². The van der Waals surface area contributed by atoms with E-state index in [-0.39, 0.29) is 0 Å². The second-order valence-corrected chi connectivity index (χ2v) is 2.14. The maximum atomic E-state index is 4.00. The lowest BCUT2D eigenvalue weighted by Gasteiger charge is -2.03. The van der Waals surface area contributed by atoms with Gasteiger partial charge in [0.2, 0.25) is 0 Å². The van der Waals surface area contributed by atoms with E-state index in [1.807, 2.05) is 39.4 Å². The molecule has 1 N–H and O–H groups in total. The summed E-state index contributed by atoms with van der Waals surface area (Å²) in [7, 11) is 1.91. The summed E-state index contributed by atoms with van der Waals surface area (Å²) in [4.78, 5) is 4.00. The van der Waals surface area contributed by atoms with Crippen LogP contribution in [0, 0.1) is 0 Å². The van der Waals surface area contributed by atoms with Crippen LogP contribution < -0.4 is 5.32 Å². The molecular formula is C10H18N2. The Balaban J connectivity index is 0.000000561. The highest BCUT2D eigenvalue weighted by Gasteiger charge is 1.94. The van der Waals surface area contributed by atoms with Crippen molar-refractivity contribution in [1.82, 2.24) is 4.98 Å². The zero-order chi connectivity index (χ0) is 9.40. The molecule has 0 aliphatic heterocycles. The van der Waals surface area contributed by atoms with Gasteiger partial charge in [-0.2, -0.15) is 0 Å². The van der Waals surface area contributed by atoms with E-state index in [1.54, 1.807) is 0 Å². The van der Waals surface area contributed by atoms with Crippen molar-refractivity contribution in [3.8, 4) is 0 Å². The van der Waals surface area contributed by atoms with Crippen LogP contribution in [0.15, 0.2) is 18.5 Å². The third-order valence-corrected chi connectivity index (χ3v) is 1.56. The summed E-state index contributed by atoms with van der Waals surface area (Å²) >= 11 is 0. The van der Waals surface area contributed by atoms with Crippen LogP contribution in [0.3, 0.4) is 0 Å². The molecular weight excluding hydrogens is 148 g/mol. The van der Waals surface area contributed by atoms with Gasteiger partial charge < -0.3 is 5.32 Å². The topological polar surface area (TPSA) is 24.9 Å². The first-order valence-corrected chi connectivity index (χ1v) is 4.49. The quantitative estimate of drug-likeness (QED) is 0.730. The van der Waals surface area contributed by atoms with Gasteiger partial charge in [0.1, 0.15) is 0 Å². The average molecular weight is 166 g/mol. The van der Waals surface area contributed by atoms with E-state index in [0.29, 0.717) is 0 Å². The summed E-state index contributed by atoms with van der Waals surface area (Å²) in [5, 5.41) is 3.08. The number of hydrogen-bond donors (Lipinski definition) is 1. The van der Waals surface area contributed by atoms with Gasteiger partial charge in [-0.3, -0.25) is 4.98 Å². The molecule has 68 valence electrons. The second-order valence-electron chi connectivity index (χ2n) is 2.14. The molecule has 0 aliphatic rings. The van der Waals surface area contributed by atoms with Crippen molar-refractivity contribution in [2.24, 2.45) is 0 Å². The number of hydrogen-bond acceptors (Lipinski definition) is 2. The van der Waals surface area contributed by atoms with Crippen LogP contribution in [0.4, 0.5) is 5.69 Å². The summed E-state index contributed by atoms with van der Waals surface area (Å²) < 4.78 is 0.